The minimum Gasteiger partial charge on any atom is -0.495 e. The zero-order valence-electron chi connectivity index (χ0n) is 14.2. The fourth-order valence-electron chi connectivity index (χ4n) is 2.20. The Kier molecular flexibility index (Phi) is 5.98. The summed E-state index contributed by atoms with van der Waals surface area (Å²) in [5.41, 5.74) is 0.510. The number of urea groups is 1. The van der Waals surface area contributed by atoms with Crippen LogP contribution in [-0.4, -0.2) is 25.2 Å². The Bertz CT molecular complexity index is 871. The molecule has 0 unspecified atom stereocenters. The van der Waals surface area contributed by atoms with Gasteiger partial charge in [-0.1, -0.05) is 30.0 Å². The molecule has 0 saturated heterocycles. The van der Waals surface area contributed by atoms with Crippen LogP contribution in [0.2, 0.25) is 0 Å². The topological polar surface area (TPSA) is 72.5 Å². The Balaban J connectivity index is 1.82. The van der Waals surface area contributed by atoms with Gasteiger partial charge in [0.25, 0.3) is 0 Å². The molecule has 0 aliphatic heterocycles. The quantitative estimate of drug-likeness (QED) is 0.626. The van der Waals surface area contributed by atoms with Crippen molar-refractivity contribution in [2.24, 2.45) is 0 Å². The molecule has 6 nitrogen and oxygen atoms in total. The summed E-state index contributed by atoms with van der Waals surface area (Å²) in [4.78, 5) is 18.2. The lowest BCUT2D eigenvalue weighted by Gasteiger charge is -2.15. The molecule has 0 aliphatic rings. The lowest BCUT2D eigenvalue weighted by Crippen LogP contribution is -2.19. The number of aromatic nitrogens is 1. The largest absolute Gasteiger partial charge is 0.495 e. The Labute approximate surface area is 159 Å². The second-order valence-corrected chi connectivity index (χ2v) is 7.04. The van der Waals surface area contributed by atoms with Gasteiger partial charge in [-0.05, 0) is 18.2 Å². The lowest BCUT2D eigenvalue weighted by atomic mass is 10.2. The summed E-state index contributed by atoms with van der Waals surface area (Å²) in [6.45, 7) is 0. The molecule has 0 aliphatic carbocycles. The van der Waals surface area contributed by atoms with E-state index >= 15 is 0 Å². The summed E-state index contributed by atoms with van der Waals surface area (Å²) < 4.78 is 10.9. The molecule has 3 rings (SSSR count). The first-order chi connectivity index (χ1) is 12.7. The van der Waals surface area contributed by atoms with Gasteiger partial charge in [-0.3, -0.25) is 5.32 Å². The van der Waals surface area contributed by atoms with E-state index < -0.39 is 6.03 Å². The van der Waals surface area contributed by atoms with E-state index in [1.54, 1.807) is 43.6 Å². The summed E-state index contributed by atoms with van der Waals surface area (Å²) in [7, 11) is 3.15. The van der Waals surface area contributed by atoms with Crippen molar-refractivity contribution in [1.82, 2.24) is 4.98 Å². The SMILES string of the molecule is COc1cc(Sc2ccccc2)c(OC)cc1NC(=O)Nc1nccs1. The first-order valence-corrected chi connectivity index (χ1v) is 9.35. The van der Waals surface area contributed by atoms with Gasteiger partial charge >= 0.3 is 6.03 Å². The smallest absolute Gasteiger partial charge is 0.325 e. The minimum absolute atomic E-state index is 0.399. The van der Waals surface area contributed by atoms with E-state index in [2.05, 4.69) is 15.6 Å². The number of methoxy groups -OCH3 is 2. The number of benzene rings is 2. The van der Waals surface area contributed by atoms with Crippen LogP contribution in [0.15, 0.2) is 63.8 Å². The Morgan fingerprint density at radius 1 is 1.08 bits per heavy atom. The van der Waals surface area contributed by atoms with Gasteiger partial charge in [-0.25, -0.2) is 9.78 Å². The third kappa shape index (κ3) is 4.47. The average Bonchev–Trinajstić information content (AvgIpc) is 3.16. The van der Waals surface area contributed by atoms with Crippen molar-refractivity contribution >= 4 is 39.9 Å². The molecule has 26 heavy (non-hydrogen) atoms. The van der Waals surface area contributed by atoms with Crippen molar-refractivity contribution in [1.29, 1.82) is 0 Å². The van der Waals surface area contributed by atoms with Gasteiger partial charge in [0.15, 0.2) is 5.13 Å². The van der Waals surface area contributed by atoms with Crippen molar-refractivity contribution in [3.8, 4) is 11.5 Å². The molecule has 0 spiro atoms. The Morgan fingerprint density at radius 2 is 1.85 bits per heavy atom. The molecule has 0 atom stereocenters. The van der Waals surface area contributed by atoms with Crippen LogP contribution in [0.4, 0.5) is 15.6 Å². The van der Waals surface area contributed by atoms with Crippen molar-refractivity contribution in [3.63, 3.8) is 0 Å². The molecule has 1 aromatic heterocycles. The van der Waals surface area contributed by atoms with E-state index in [1.165, 1.54) is 11.3 Å². The van der Waals surface area contributed by atoms with Crippen LogP contribution in [-0.2, 0) is 0 Å². The van der Waals surface area contributed by atoms with E-state index in [0.29, 0.717) is 22.3 Å². The average molecular weight is 387 g/mol. The molecular formula is C18H17N3O3S2. The maximum absolute atomic E-state index is 12.2. The van der Waals surface area contributed by atoms with Gasteiger partial charge in [0, 0.05) is 22.5 Å². The summed E-state index contributed by atoms with van der Waals surface area (Å²) in [5, 5.41) is 7.74. The van der Waals surface area contributed by atoms with Crippen LogP contribution in [0.3, 0.4) is 0 Å². The molecule has 134 valence electrons. The highest BCUT2D eigenvalue weighted by atomic mass is 32.2. The van der Waals surface area contributed by atoms with Crippen LogP contribution < -0.4 is 20.1 Å². The van der Waals surface area contributed by atoms with Gasteiger partial charge in [-0.2, -0.15) is 0 Å². The molecule has 0 fully saturated rings. The number of thiazole rings is 1. The number of ether oxygens (including phenoxy) is 2. The predicted octanol–water partition coefficient (Wildman–Crippen LogP) is 4.96. The molecule has 3 aromatic rings. The third-order valence-corrected chi connectivity index (χ3v) is 5.09. The highest BCUT2D eigenvalue weighted by Gasteiger charge is 2.15. The van der Waals surface area contributed by atoms with Crippen LogP contribution in [0.1, 0.15) is 0 Å². The molecule has 0 radical (unpaired) electrons. The first kappa shape index (κ1) is 18.1. The normalized spacial score (nSPS) is 10.2. The number of anilines is 2. The maximum Gasteiger partial charge on any atom is 0.325 e. The van der Waals surface area contributed by atoms with E-state index in [0.717, 1.165) is 9.79 Å². The third-order valence-electron chi connectivity index (χ3n) is 3.36. The molecule has 2 amide bonds. The number of nitrogens with one attached hydrogen (secondary N) is 2. The fraction of sp³-hybridized carbons (Fsp3) is 0.111. The van der Waals surface area contributed by atoms with Gasteiger partial charge < -0.3 is 14.8 Å². The lowest BCUT2D eigenvalue weighted by molar-refractivity contribution is 0.262. The molecular weight excluding hydrogens is 370 g/mol. The van der Waals surface area contributed by atoms with E-state index in [1.807, 2.05) is 36.4 Å². The number of nitrogens with zero attached hydrogens (tertiary/aromatic N) is 1. The minimum atomic E-state index is -0.399. The predicted molar refractivity (Wildman–Crippen MR) is 105 cm³/mol. The highest BCUT2D eigenvalue weighted by Crippen LogP contribution is 2.41. The number of carbonyl (C=O) groups is 1. The van der Waals surface area contributed by atoms with Gasteiger partial charge in [0.2, 0.25) is 0 Å². The van der Waals surface area contributed by atoms with E-state index in [-0.39, 0.29) is 0 Å². The van der Waals surface area contributed by atoms with Gasteiger partial charge in [-0.15, -0.1) is 11.3 Å². The zero-order valence-corrected chi connectivity index (χ0v) is 15.8. The van der Waals surface area contributed by atoms with Crippen LogP contribution in [0.25, 0.3) is 0 Å². The van der Waals surface area contributed by atoms with Crippen molar-refractivity contribution in [2.75, 3.05) is 24.9 Å². The Hall–Kier alpha value is -2.71. The zero-order chi connectivity index (χ0) is 18.4. The van der Waals surface area contributed by atoms with Crippen LogP contribution in [0.5, 0.6) is 11.5 Å². The van der Waals surface area contributed by atoms with Crippen LogP contribution >= 0.6 is 23.1 Å². The molecule has 8 heteroatoms. The maximum atomic E-state index is 12.2. The monoisotopic (exact) mass is 387 g/mol. The van der Waals surface area contributed by atoms with Crippen LogP contribution in [0, 0.1) is 0 Å². The number of hydrogen-bond acceptors (Lipinski definition) is 6. The first-order valence-electron chi connectivity index (χ1n) is 7.66. The number of rotatable bonds is 6. The molecule has 2 aromatic carbocycles. The molecule has 1 heterocycles. The Morgan fingerprint density at radius 3 is 2.50 bits per heavy atom. The summed E-state index contributed by atoms with van der Waals surface area (Å²) in [5.74, 6) is 1.18. The van der Waals surface area contributed by atoms with E-state index in [9.17, 15) is 4.79 Å². The van der Waals surface area contributed by atoms with Gasteiger partial charge in [0.1, 0.15) is 11.5 Å². The number of hydrogen-bond donors (Lipinski definition) is 2. The number of amides is 2. The molecule has 0 bridgehead atoms. The van der Waals surface area contributed by atoms with Crippen molar-refractivity contribution in [2.45, 2.75) is 9.79 Å². The van der Waals surface area contributed by atoms with E-state index in [4.69, 9.17) is 9.47 Å². The second-order valence-electron chi connectivity index (χ2n) is 5.03. The fourth-order valence-corrected chi connectivity index (χ4v) is 3.68. The van der Waals surface area contributed by atoms with Gasteiger partial charge in [0.05, 0.1) is 24.8 Å². The summed E-state index contributed by atoms with van der Waals surface area (Å²) in [6, 6.07) is 13.1. The second kappa shape index (κ2) is 8.59. The molecule has 2 N–H and O–H groups in total. The molecule has 0 saturated carbocycles. The highest BCUT2D eigenvalue weighted by molar-refractivity contribution is 7.99. The van der Waals surface area contributed by atoms with Crippen molar-refractivity contribution in [3.05, 3.63) is 54.0 Å². The summed E-state index contributed by atoms with van der Waals surface area (Å²) >= 11 is 2.90. The standard InChI is InChI=1S/C18H17N3O3S2/c1-23-14-11-16(26-12-6-4-3-5-7-12)15(24-2)10-13(14)20-17(22)21-18-19-8-9-25-18/h3-11H,1-2H3,(H2,19,20,21,22). The summed E-state index contributed by atoms with van der Waals surface area (Å²) in [6.07, 6.45) is 1.62. The van der Waals surface area contributed by atoms with Crippen molar-refractivity contribution < 1.29 is 14.3 Å². The number of carbonyl (C=O) groups excluding carboxylic acids is 1.